The fraction of sp³-hybridized carbons (Fsp3) is 0.364. The summed E-state index contributed by atoms with van der Waals surface area (Å²) in [5, 5.41) is 7.16. The van der Waals surface area contributed by atoms with Gasteiger partial charge < -0.3 is 9.84 Å². The number of aliphatic carboxylic acids is 1. The van der Waals surface area contributed by atoms with Gasteiger partial charge in [-0.1, -0.05) is 0 Å². The minimum Gasteiger partial charge on any atom is -0.494 e. The average molecular weight is 273 g/mol. The van der Waals surface area contributed by atoms with E-state index in [1.165, 1.54) is 12.1 Å². The highest BCUT2D eigenvalue weighted by molar-refractivity contribution is 7.94. The van der Waals surface area contributed by atoms with E-state index < -0.39 is 21.2 Å². The smallest absolute Gasteiger partial charge is 0.323 e. The van der Waals surface area contributed by atoms with E-state index in [9.17, 15) is 13.2 Å². The van der Waals surface area contributed by atoms with E-state index in [-0.39, 0.29) is 0 Å². The highest BCUT2D eigenvalue weighted by Gasteiger charge is 2.27. The van der Waals surface area contributed by atoms with Crippen LogP contribution in [0.25, 0.3) is 0 Å². The summed E-state index contributed by atoms with van der Waals surface area (Å²) >= 11 is 0. The first-order valence-electron chi connectivity index (χ1n) is 5.34. The molecule has 2 N–H and O–H groups in total. The van der Waals surface area contributed by atoms with Gasteiger partial charge in [-0.05, 0) is 38.1 Å². The standard InChI is InChI=1S/C11H15NO5S/c1-3-17-10-6-4-9(5-7-10)12-18(15,16)8(2)11(13)14/h4-8,12H,3H2,1-2H3,(H,13,14). The number of carboxylic acids is 1. The van der Waals surface area contributed by atoms with Gasteiger partial charge in [0, 0.05) is 5.69 Å². The Labute approximate surface area is 106 Å². The minimum absolute atomic E-state index is 0.298. The fourth-order valence-electron chi connectivity index (χ4n) is 1.17. The molecule has 0 aromatic heterocycles. The van der Waals surface area contributed by atoms with Crippen LogP contribution in [-0.2, 0) is 14.8 Å². The molecule has 7 heteroatoms. The van der Waals surface area contributed by atoms with Crippen molar-refractivity contribution in [3.8, 4) is 5.75 Å². The van der Waals surface area contributed by atoms with Gasteiger partial charge in [-0.25, -0.2) is 8.42 Å². The van der Waals surface area contributed by atoms with Crippen molar-refractivity contribution >= 4 is 21.7 Å². The number of carbonyl (C=O) groups is 1. The molecular weight excluding hydrogens is 258 g/mol. The maximum Gasteiger partial charge on any atom is 0.323 e. The molecular formula is C11H15NO5S. The summed E-state index contributed by atoms with van der Waals surface area (Å²) in [6.07, 6.45) is 0. The number of sulfonamides is 1. The molecule has 0 saturated carbocycles. The quantitative estimate of drug-likeness (QED) is 0.815. The zero-order chi connectivity index (χ0) is 13.8. The van der Waals surface area contributed by atoms with Crippen molar-refractivity contribution < 1.29 is 23.1 Å². The Morgan fingerprint density at radius 3 is 2.39 bits per heavy atom. The molecule has 0 amide bonds. The molecule has 1 unspecified atom stereocenters. The second kappa shape index (κ2) is 5.72. The highest BCUT2D eigenvalue weighted by atomic mass is 32.2. The molecule has 1 rings (SSSR count). The first-order chi connectivity index (χ1) is 8.36. The van der Waals surface area contributed by atoms with Crippen LogP contribution in [0, 0.1) is 0 Å². The molecule has 0 radical (unpaired) electrons. The third-order valence-electron chi connectivity index (χ3n) is 2.24. The van der Waals surface area contributed by atoms with Gasteiger partial charge in [0.15, 0.2) is 5.25 Å². The summed E-state index contributed by atoms with van der Waals surface area (Å²) < 4.78 is 30.7. The lowest BCUT2D eigenvalue weighted by Gasteiger charge is -2.11. The van der Waals surface area contributed by atoms with E-state index in [4.69, 9.17) is 9.84 Å². The largest absolute Gasteiger partial charge is 0.494 e. The Morgan fingerprint density at radius 1 is 1.39 bits per heavy atom. The number of hydrogen-bond donors (Lipinski definition) is 2. The number of rotatable bonds is 6. The van der Waals surface area contributed by atoms with Crippen molar-refractivity contribution in [2.45, 2.75) is 19.1 Å². The zero-order valence-electron chi connectivity index (χ0n) is 10.1. The van der Waals surface area contributed by atoms with Crippen molar-refractivity contribution in [3.63, 3.8) is 0 Å². The van der Waals surface area contributed by atoms with Gasteiger partial charge >= 0.3 is 5.97 Å². The van der Waals surface area contributed by atoms with Crippen LogP contribution >= 0.6 is 0 Å². The van der Waals surface area contributed by atoms with Crippen LogP contribution in [0.2, 0.25) is 0 Å². The van der Waals surface area contributed by atoms with Gasteiger partial charge in [-0.2, -0.15) is 0 Å². The van der Waals surface area contributed by atoms with E-state index in [2.05, 4.69) is 4.72 Å². The predicted molar refractivity (Wildman–Crippen MR) is 67.3 cm³/mol. The van der Waals surface area contributed by atoms with E-state index >= 15 is 0 Å². The van der Waals surface area contributed by atoms with Gasteiger partial charge in [0.1, 0.15) is 5.75 Å². The van der Waals surface area contributed by atoms with Gasteiger partial charge in [0.05, 0.1) is 6.61 Å². The highest BCUT2D eigenvalue weighted by Crippen LogP contribution is 2.17. The molecule has 0 aliphatic carbocycles. The van der Waals surface area contributed by atoms with Crippen molar-refractivity contribution in [1.29, 1.82) is 0 Å². The monoisotopic (exact) mass is 273 g/mol. The number of hydrogen-bond acceptors (Lipinski definition) is 4. The van der Waals surface area contributed by atoms with Gasteiger partial charge in [0.25, 0.3) is 0 Å². The summed E-state index contributed by atoms with van der Waals surface area (Å²) in [5.74, 6) is -0.778. The molecule has 0 aliphatic heterocycles. The van der Waals surface area contributed by atoms with Crippen LogP contribution in [0.3, 0.4) is 0 Å². The molecule has 0 bridgehead atoms. The molecule has 100 valence electrons. The Kier molecular flexibility index (Phi) is 4.55. The molecule has 6 nitrogen and oxygen atoms in total. The molecule has 0 aliphatic rings. The van der Waals surface area contributed by atoms with Crippen LogP contribution in [-0.4, -0.2) is 31.4 Å². The van der Waals surface area contributed by atoms with E-state index in [0.717, 1.165) is 6.92 Å². The Morgan fingerprint density at radius 2 is 1.94 bits per heavy atom. The number of carboxylic acid groups (broad SMARTS) is 1. The lowest BCUT2D eigenvalue weighted by atomic mass is 10.3. The van der Waals surface area contributed by atoms with Crippen molar-refractivity contribution in [3.05, 3.63) is 24.3 Å². The van der Waals surface area contributed by atoms with Crippen LogP contribution in [0.4, 0.5) is 5.69 Å². The molecule has 1 aromatic rings. The second-order valence-corrected chi connectivity index (χ2v) is 5.59. The third kappa shape index (κ3) is 3.63. The van der Waals surface area contributed by atoms with E-state index in [0.29, 0.717) is 18.0 Å². The molecule has 18 heavy (non-hydrogen) atoms. The van der Waals surface area contributed by atoms with E-state index in [1.54, 1.807) is 12.1 Å². The lowest BCUT2D eigenvalue weighted by molar-refractivity contribution is -0.136. The fourth-order valence-corrected chi connectivity index (χ4v) is 2.08. The SMILES string of the molecule is CCOc1ccc(NS(=O)(=O)C(C)C(=O)O)cc1. The Bertz CT molecular complexity index is 509. The maximum absolute atomic E-state index is 11.6. The summed E-state index contributed by atoms with van der Waals surface area (Å²) in [7, 11) is -3.93. The predicted octanol–water partition coefficient (Wildman–Crippen LogP) is 1.30. The van der Waals surface area contributed by atoms with Crippen LogP contribution < -0.4 is 9.46 Å². The van der Waals surface area contributed by atoms with E-state index in [1.807, 2.05) is 6.92 Å². The first kappa shape index (κ1) is 14.3. The summed E-state index contributed by atoms with van der Waals surface area (Å²) in [6, 6.07) is 6.23. The minimum atomic E-state index is -3.93. The van der Waals surface area contributed by atoms with Crippen molar-refractivity contribution in [2.24, 2.45) is 0 Å². The topological polar surface area (TPSA) is 92.7 Å². The van der Waals surface area contributed by atoms with Crippen LogP contribution in [0.5, 0.6) is 5.75 Å². The van der Waals surface area contributed by atoms with Crippen LogP contribution in [0.15, 0.2) is 24.3 Å². The average Bonchev–Trinajstić information content (AvgIpc) is 2.30. The summed E-state index contributed by atoms with van der Waals surface area (Å²) in [4.78, 5) is 10.6. The van der Waals surface area contributed by atoms with Gasteiger partial charge in [-0.3, -0.25) is 9.52 Å². The van der Waals surface area contributed by atoms with Crippen LogP contribution in [0.1, 0.15) is 13.8 Å². The molecule has 0 spiro atoms. The normalized spacial score (nSPS) is 12.8. The third-order valence-corrected chi connectivity index (χ3v) is 3.89. The second-order valence-electron chi connectivity index (χ2n) is 3.58. The first-order valence-corrected chi connectivity index (χ1v) is 6.88. The number of nitrogens with one attached hydrogen (secondary N) is 1. The molecule has 1 atom stereocenters. The zero-order valence-corrected chi connectivity index (χ0v) is 10.9. The molecule has 0 fully saturated rings. The van der Waals surface area contributed by atoms with Gasteiger partial charge in [-0.15, -0.1) is 0 Å². The summed E-state index contributed by atoms with van der Waals surface area (Å²) in [6.45, 7) is 3.46. The van der Waals surface area contributed by atoms with Gasteiger partial charge in [0.2, 0.25) is 10.0 Å². The van der Waals surface area contributed by atoms with Crippen molar-refractivity contribution in [2.75, 3.05) is 11.3 Å². The Hall–Kier alpha value is -1.76. The number of ether oxygens (including phenoxy) is 1. The van der Waals surface area contributed by atoms with Crippen molar-refractivity contribution in [1.82, 2.24) is 0 Å². The maximum atomic E-state index is 11.6. The molecule has 1 aromatic carbocycles. The molecule has 0 heterocycles. The lowest BCUT2D eigenvalue weighted by Crippen LogP contribution is -2.32. The number of benzene rings is 1. The molecule has 0 saturated heterocycles. The summed E-state index contributed by atoms with van der Waals surface area (Å²) in [5.41, 5.74) is 0.298. The Balaban J connectivity index is 2.81. The number of anilines is 1.